The summed E-state index contributed by atoms with van der Waals surface area (Å²) >= 11 is 1.41. The number of methoxy groups -OCH3 is 1. The Hall–Kier alpha value is -4.88. The van der Waals surface area contributed by atoms with E-state index in [0.717, 1.165) is 52.1 Å². The molecular formula is C37H32N2O4S. The Balaban J connectivity index is 1.34. The van der Waals surface area contributed by atoms with E-state index in [1.165, 1.54) is 16.9 Å². The van der Waals surface area contributed by atoms with Crippen molar-refractivity contribution in [1.29, 1.82) is 0 Å². The summed E-state index contributed by atoms with van der Waals surface area (Å²) in [4.78, 5) is 20.0. The van der Waals surface area contributed by atoms with Crippen LogP contribution in [0.2, 0.25) is 0 Å². The van der Waals surface area contributed by atoms with Crippen molar-refractivity contribution >= 4 is 23.1 Å². The van der Waals surface area contributed by atoms with E-state index >= 15 is 0 Å². The molecule has 1 aromatic heterocycles. The molecule has 220 valence electrons. The van der Waals surface area contributed by atoms with Crippen LogP contribution in [0.4, 0.5) is 0 Å². The number of hydrogen-bond acceptors (Lipinski definition) is 6. The third-order valence-corrected chi connectivity index (χ3v) is 9.09. The smallest absolute Gasteiger partial charge is 0.271 e. The van der Waals surface area contributed by atoms with Gasteiger partial charge in [0.25, 0.3) is 5.56 Å². The summed E-state index contributed by atoms with van der Waals surface area (Å²) in [7, 11) is 1.68. The second kappa shape index (κ2) is 12.0. The molecule has 1 aliphatic heterocycles. The Kier molecular flexibility index (Phi) is 7.62. The molecule has 0 radical (unpaired) electrons. The van der Waals surface area contributed by atoms with Crippen LogP contribution in [0.25, 0.3) is 11.8 Å². The summed E-state index contributed by atoms with van der Waals surface area (Å²) in [5.41, 5.74) is 7.36. The van der Waals surface area contributed by atoms with Crippen LogP contribution in [0.5, 0.6) is 17.2 Å². The monoisotopic (exact) mass is 600 g/mol. The molecule has 0 amide bonds. The predicted octanol–water partition coefficient (Wildman–Crippen LogP) is 6.31. The molecule has 1 aliphatic carbocycles. The van der Waals surface area contributed by atoms with Gasteiger partial charge >= 0.3 is 0 Å². The molecule has 0 bridgehead atoms. The highest BCUT2D eigenvalue weighted by molar-refractivity contribution is 7.07. The minimum Gasteiger partial charge on any atom is -0.496 e. The molecule has 2 aliphatic rings. The Morgan fingerprint density at radius 2 is 1.68 bits per heavy atom. The van der Waals surface area contributed by atoms with Gasteiger partial charge in [-0.2, -0.15) is 0 Å². The first-order valence-electron chi connectivity index (χ1n) is 14.8. The van der Waals surface area contributed by atoms with Crippen molar-refractivity contribution in [3.63, 3.8) is 0 Å². The molecule has 0 spiro atoms. The van der Waals surface area contributed by atoms with E-state index in [2.05, 4.69) is 30.3 Å². The highest BCUT2D eigenvalue weighted by Crippen LogP contribution is 2.43. The number of hydrogen-bond donors (Lipinski definition) is 0. The highest BCUT2D eigenvalue weighted by atomic mass is 32.1. The number of rotatable bonds is 8. The molecule has 4 aromatic carbocycles. The summed E-state index contributed by atoms with van der Waals surface area (Å²) in [6, 6.07) is 31.9. The van der Waals surface area contributed by atoms with Crippen LogP contribution in [-0.2, 0) is 13.0 Å². The standard InChI is InChI=1S/C37H32N2O4S/c1-3-42-32-21-25(17-20-31(32)43-23-24-11-5-4-6-12-24)22-33-36(40)39-35(28-15-9-10-16-30(28)41-2)29-19-18-26-13-7-8-14-27(26)34(29)38-37(39)44-33/h4-17,20-22,35H,3,18-19,23H2,1-2H3/b33-22+/t35-/m0/s1. The van der Waals surface area contributed by atoms with Crippen LogP contribution in [0.3, 0.4) is 0 Å². The predicted molar refractivity (Wildman–Crippen MR) is 174 cm³/mol. The number of benzene rings is 4. The van der Waals surface area contributed by atoms with E-state index in [9.17, 15) is 4.79 Å². The maximum absolute atomic E-state index is 14.2. The van der Waals surface area contributed by atoms with Crippen molar-refractivity contribution in [1.82, 2.24) is 4.57 Å². The van der Waals surface area contributed by atoms with Gasteiger partial charge in [0.05, 0.1) is 30.0 Å². The van der Waals surface area contributed by atoms with Crippen molar-refractivity contribution in [2.24, 2.45) is 4.99 Å². The number of aromatic nitrogens is 1. The van der Waals surface area contributed by atoms with Gasteiger partial charge < -0.3 is 14.2 Å². The molecule has 1 atom stereocenters. The van der Waals surface area contributed by atoms with Crippen LogP contribution >= 0.6 is 11.3 Å². The van der Waals surface area contributed by atoms with Gasteiger partial charge in [-0.1, -0.05) is 90.2 Å². The van der Waals surface area contributed by atoms with E-state index in [1.807, 2.05) is 84.3 Å². The molecule has 6 nitrogen and oxygen atoms in total. The number of para-hydroxylation sites is 1. The van der Waals surface area contributed by atoms with Gasteiger partial charge in [-0.3, -0.25) is 9.36 Å². The van der Waals surface area contributed by atoms with Crippen LogP contribution < -0.4 is 29.1 Å². The minimum absolute atomic E-state index is 0.0718. The summed E-state index contributed by atoms with van der Waals surface area (Å²) in [6.45, 7) is 2.89. The molecule has 0 fully saturated rings. The number of allylic oxidation sites excluding steroid dienone is 1. The third kappa shape index (κ3) is 5.13. The van der Waals surface area contributed by atoms with Crippen molar-refractivity contribution in [2.75, 3.05) is 13.7 Å². The average Bonchev–Trinajstić information content (AvgIpc) is 3.37. The summed E-state index contributed by atoms with van der Waals surface area (Å²) in [5, 5.41) is 0. The number of aryl methyl sites for hydroxylation is 1. The second-order valence-electron chi connectivity index (χ2n) is 10.8. The second-order valence-corrected chi connectivity index (χ2v) is 11.8. The molecule has 0 saturated heterocycles. The quantitative estimate of drug-likeness (QED) is 0.210. The Morgan fingerprint density at radius 3 is 2.52 bits per heavy atom. The van der Waals surface area contributed by atoms with Crippen LogP contribution in [0.15, 0.2) is 112 Å². The van der Waals surface area contributed by atoms with E-state index in [0.29, 0.717) is 34.0 Å². The normalized spacial score (nSPS) is 15.6. The largest absolute Gasteiger partial charge is 0.496 e. The highest BCUT2D eigenvalue weighted by Gasteiger charge is 2.34. The molecular weight excluding hydrogens is 568 g/mol. The lowest BCUT2D eigenvalue weighted by Gasteiger charge is -2.31. The van der Waals surface area contributed by atoms with E-state index in [-0.39, 0.29) is 11.6 Å². The fraction of sp³-hybridized carbons (Fsp3) is 0.189. The van der Waals surface area contributed by atoms with Crippen molar-refractivity contribution in [2.45, 2.75) is 32.4 Å². The van der Waals surface area contributed by atoms with Crippen LogP contribution in [0.1, 0.15) is 47.2 Å². The Morgan fingerprint density at radius 1 is 0.886 bits per heavy atom. The molecule has 7 heteroatoms. The lowest BCUT2D eigenvalue weighted by Crippen LogP contribution is -2.39. The Labute approximate surface area is 259 Å². The van der Waals surface area contributed by atoms with E-state index in [4.69, 9.17) is 19.2 Å². The van der Waals surface area contributed by atoms with Gasteiger partial charge in [0.2, 0.25) is 0 Å². The lowest BCUT2D eigenvalue weighted by molar-refractivity contribution is 0.269. The van der Waals surface area contributed by atoms with Crippen LogP contribution in [0, 0.1) is 0 Å². The maximum atomic E-state index is 14.2. The van der Waals surface area contributed by atoms with E-state index in [1.54, 1.807) is 7.11 Å². The molecule has 0 N–H and O–H groups in total. The molecule has 5 aromatic rings. The zero-order valence-electron chi connectivity index (χ0n) is 24.7. The summed E-state index contributed by atoms with van der Waals surface area (Å²) in [5.74, 6) is 2.06. The van der Waals surface area contributed by atoms with Crippen molar-refractivity contribution in [3.8, 4) is 17.2 Å². The molecule has 44 heavy (non-hydrogen) atoms. The SMILES string of the molecule is CCOc1cc(/C=c2/sc3n(c2=O)[C@@H](c2ccccc2OC)C2=C(N=3)c3ccccc3CC2)ccc1OCc1ccccc1. The molecule has 0 unspecified atom stereocenters. The van der Waals surface area contributed by atoms with Gasteiger partial charge in [0, 0.05) is 11.1 Å². The number of nitrogens with zero attached hydrogens (tertiary/aromatic N) is 2. The molecule has 7 rings (SSSR count). The molecule has 2 heterocycles. The number of fused-ring (bicyclic) bond motifs is 3. The first kappa shape index (κ1) is 27.9. The fourth-order valence-corrected chi connectivity index (χ4v) is 7.08. The zero-order valence-corrected chi connectivity index (χ0v) is 25.5. The Bertz CT molecular complexity index is 2060. The lowest BCUT2D eigenvalue weighted by atomic mass is 9.83. The van der Waals surface area contributed by atoms with Crippen LogP contribution in [-0.4, -0.2) is 18.3 Å². The minimum atomic E-state index is -0.305. The van der Waals surface area contributed by atoms with Gasteiger partial charge in [-0.05, 0) is 66.3 Å². The first-order valence-corrected chi connectivity index (χ1v) is 15.7. The maximum Gasteiger partial charge on any atom is 0.271 e. The average molecular weight is 601 g/mol. The van der Waals surface area contributed by atoms with Crippen molar-refractivity contribution in [3.05, 3.63) is 150 Å². The van der Waals surface area contributed by atoms with Crippen molar-refractivity contribution < 1.29 is 14.2 Å². The van der Waals surface area contributed by atoms with Gasteiger partial charge in [0.15, 0.2) is 16.3 Å². The van der Waals surface area contributed by atoms with E-state index < -0.39 is 0 Å². The topological polar surface area (TPSA) is 62.0 Å². The summed E-state index contributed by atoms with van der Waals surface area (Å²) < 4.78 is 20.3. The van der Waals surface area contributed by atoms with Gasteiger partial charge in [0.1, 0.15) is 12.4 Å². The zero-order chi connectivity index (χ0) is 30.0. The first-order chi connectivity index (χ1) is 21.6. The summed E-state index contributed by atoms with van der Waals surface area (Å²) in [6.07, 6.45) is 3.65. The van der Waals surface area contributed by atoms with Gasteiger partial charge in [-0.25, -0.2) is 4.99 Å². The number of thiazole rings is 1. The fourth-order valence-electron chi connectivity index (χ4n) is 6.08. The molecule has 0 saturated carbocycles. The van der Waals surface area contributed by atoms with Gasteiger partial charge in [-0.15, -0.1) is 0 Å². The third-order valence-electron chi connectivity index (χ3n) is 8.11. The number of ether oxygens (including phenoxy) is 3.